The van der Waals surface area contributed by atoms with Crippen molar-refractivity contribution in [3.05, 3.63) is 75.3 Å². The van der Waals surface area contributed by atoms with Crippen molar-refractivity contribution in [3.63, 3.8) is 0 Å². The Balaban J connectivity index is 1.87. The van der Waals surface area contributed by atoms with Crippen molar-refractivity contribution < 1.29 is 4.79 Å². The number of hydrogen-bond acceptors (Lipinski definition) is 3. The van der Waals surface area contributed by atoms with Crippen molar-refractivity contribution in [3.8, 4) is 0 Å². The molecule has 2 aromatic heterocycles. The number of aromatic amines is 1. The summed E-state index contributed by atoms with van der Waals surface area (Å²) in [6, 6.07) is 8.51. The number of hydrogen-bond donors (Lipinski definition) is 2. The quantitative estimate of drug-likeness (QED) is 0.780. The molecule has 0 saturated carbocycles. The largest absolute Gasteiger partial charge is 0.360 e. The van der Waals surface area contributed by atoms with E-state index < -0.39 is 5.91 Å². The SMILES string of the molecule is O=C(NCc1cccnc1)c1c[nH]c2cc(Cl)ccc2c1=O. The van der Waals surface area contributed by atoms with Crippen LogP contribution in [0.25, 0.3) is 10.9 Å². The van der Waals surface area contributed by atoms with Crippen LogP contribution in [0, 0.1) is 0 Å². The first kappa shape index (κ1) is 14.3. The van der Waals surface area contributed by atoms with Crippen molar-refractivity contribution in [2.75, 3.05) is 0 Å². The number of H-pyrrole nitrogens is 1. The molecule has 2 heterocycles. The van der Waals surface area contributed by atoms with E-state index in [2.05, 4.69) is 15.3 Å². The van der Waals surface area contributed by atoms with Crippen molar-refractivity contribution in [2.45, 2.75) is 6.54 Å². The Hall–Kier alpha value is -2.66. The van der Waals surface area contributed by atoms with Gasteiger partial charge in [0.05, 0.1) is 5.52 Å². The first-order chi connectivity index (χ1) is 10.6. The maximum atomic E-state index is 12.4. The van der Waals surface area contributed by atoms with Gasteiger partial charge in [-0.1, -0.05) is 17.7 Å². The minimum Gasteiger partial charge on any atom is -0.360 e. The molecule has 110 valence electrons. The van der Waals surface area contributed by atoms with Gasteiger partial charge in [-0.3, -0.25) is 14.6 Å². The molecule has 2 N–H and O–H groups in total. The fourth-order valence-electron chi connectivity index (χ4n) is 2.14. The summed E-state index contributed by atoms with van der Waals surface area (Å²) in [6.45, 7) is 0.310. The van der Waals surface area contributed by atoms with Gasteiger partial charge in [-0.2, -0.15) is 0 Å². The summed E-state index contributed by atoms with van der Waals surface area (Å²) in [4.78, 5) is 31.4. The van der Waals surface area contributed by atoms with Gasteiger partial charge in [0.15, 0.2) is 0 Å². The molecule has 0 aliphatic rings. The normalized spacial score (nSPS) is 10.6. The summed E-state index contributed by atoms with van der Waals surface area (Å²) >= 11 is 5.88. The molecule has 6 heteroatoms. The monoisotopic (exact) mass is 313 g/mol. The van der Waals surface area contributed by atoms with Crippen molar-refractivity contribution in [1.29, 1.82) is 0 Å². The number of benzene rings is 1. The Morgan fingerprint density at radius 2 is 2.18 bits per heavy atom. The lowest BCUT2D eigenvalue weighted by Gasteiger charge is -2.06. The summed E-state index contributed by atoms with van der Waals surface area (Å²) in [6.07, 6.45) is 4.72. The smallest absolute Gasteiger partial charge is 0.257 e. The summed E-state index contributed by atoms with van der Waals surface area (Å²) in [5, 5.41) is 3.66. The lowest BCUT2D eigenvalue weighted by atomic mass is 10.1. The third kappa shape index (κ3) is 2.84. The highest BCUT2D eigenvalue weighted by molar-refractivity contribution is 6.31. The second-order valence-corrected chi connectivity index (χ2v) is 5.20. The van der Waals surface area contributed by atoms with Crippen LogP contribution in [0.2, 0.25) is 5.02 Å². The lowest BCUT2D eigenvalue weighted by molar-refractivity contribution is 0.0949. The van der Waals surface area contributed by atoms with Gasteiger partial charge in [0, 0.05) is 35.5 Å². The van der Waals surface area contributed by atoms with E-state index in [0.29, 0.717) is 22.5 Å². The first-order valence-electron chi connectivity index (χ1n) is 6.63. The van der Waals surface area contributed by atoms with E-state index in [1.54, 1.807) is 36.7 Å². The van der Waals surface area contributed by atoms with Gasteiger partial charge in [0.2, 0.25) is 5.43 Å². The molecule has 3 aromatic rings. The van der Waals surface area contributed by atoms with Gasteiger partial charge in [-0.15, -0.1) is 0 Å². The molecule has 0 aliphatic carbocycles. The predicted octanol–water partition coefficient (Wildman–Crippen LogP) is 2.51. The predicted molar refractivity (Wildman–Crippen MR) is 85.0 cm³/mol. The molecule has 5 nitrogen and oxygen atoms in total. The second kappa shape index (κ2) is 5.99. The molecule has 22 heavy (non-hydrogen) atoms. The fraction of sp³-hybridized carbons (Fsp3) is 0.0625. The number of halogens is 1. The third-order valence-electron chi connectivity index (χ3n) is 3.26. The molecule has 1 amide bonds. The van der Waals surface area contributed by atoms with E-state index in [4.69, 9.17) is 11.6 Å². The minimum atomic E-state index is -0.429. The number of nitrogens with zero attached hydrogens (tertiary/aromatic N) is 1. The molecule has 0 radical (unpaired) electrons. The molecule has 0 atom stereocenters. The molecule has 1 aromatic carbocycles. The van der Waals surface area contributed by atoms with Gasteiger partial charge in [-0.05, 0) is 29.8 Å². The van der Waals surface area contributed by atoms with E-state index in [1.165, 1.54) is 6.20 Å². The summed E-state index contributed by atoms with van der Waals surface area (Å²) in [5.74, 6) is -0.429. The lowest BCUT2D eigenvalue weighted by Crippen LogP contribution is -2.28. The average molecular weight is 314 g/mol. The number of amides is 1. The highest BCUT2D eigenvalue weighted by atomic mass is 35.5. The number of rotatable bonds is 3. The van der Waals surface area contributed by atoms with Gasteiger partial charge < -0.3 is 10.3 Å². The number of aromatic nitrogens is 2. The zero-order valence-corrected chi connectivity index (χ0v) is 12.2. The van der Waals surface area contributed by atoms with E-state index in [9.17, 15) is 9.59 Å². The van der Waals surface area contributed by atoms with E-state index in [0.717, 1.165) is 5.56 Å². The molecule has 0 fully saturated rings. The number of carbonyl (C=O) groups excluding carboxylic acids is 1. The highest BCUT2D eigenvalue weighted by Gasteiger charge is 2.12. The Bertz CT molecular complexity index is 891. The Morgan fingerprint density at radius 1 is 1.32 bits per heavy atom. The highest BCUT2D eigenvalue weighted by Crippen LogP contribution is 2.15. The van der Waals surface area contributed by atoms with Crippen molar-refractivity contribution >= 4 is 28.4 Å². The molecule has 0 unspecified atom stereocenters. The van der Waals surface area contributed by atoms with Gasteiger partial charge in [0.25, 0.3) is 5.91 Å². The molecule has 3 rings (SSSR count). The zero-order chi connectivity index (χ0) is 15.5. The van der Waals surface area contributed by atoms with Crippen LogP contribution in [0.5, 0.6) is 0 Å². The Morgan fingerprint density at radius 3 is 2.95 bits per heavy atom. The number of fused-ring (bicyclic) bond motifs is 1. The summed E-state index contributed by atoms with van der Waals surface area (Å²) < 4.78 is 0. The zero-order valence-electron chi connectivity index (χ0n) is 11.5. The van der Waals surface area contributed by atoms with Gasteiger partial charge in [-0.25, -0.2) is 0 Å². The molecule has 0 saturated heterocycles. The molecule has 0 spiro atoms. The van der Waals surface area contributed by atoms with Crippen LogP contribution < -0.4 is 10.7 Å². The molecular weight excluding hydrogens is 302 g/mol. The number of pyridine rings is 2. The fourth-order valence-corrected chi connectivity index (χ4v) is 2.32. The van der Waals surface area contributed by atoms with E-state index >= 15 is 0 Å². The van der Waals surface area contributed by atoms with Crippen LogP contribution in [0.3, 0.4) is 0 Å². The maximum absolute atomic E-state index is 12.4. The molecule has 0 bridgehead atoms. The standard InChI is InChI=1S/C16H12ClN3O2/c17-11-3-4-12-14(6-11)19-9-13(15(12)21)16(22)20-8-10-2-1-5-18-7-10/h1-7,9H,8H2,(H,19,21)(H,20,22). The van der Waals surface area contributed by atoms with Crippen LogP contribution in [0.1, 0.15) is 15.9 Å². The van der Waals surface area contributed by atoms with E-state index in [-0.39, 0.29) is 11.0 Å². The van der Waals surface area contributed by atoms with Crippen LogP contribution in [-0.4, -0.2) is 15.9 Å². The maximum Gasteiger partial charge on any atom is 0.257 e. The molecular formula is C16H12ClN3O2. The Kier molecular flexibility index (Phi) is 3.89. The second-order valence-electron chi connectivity index (χ2n) is 4.77. The summed E-state index contributed by atoms with van der Waals surface area (Å²) in [7, 11) is 0. The van der Waals surface area contributed by atoms with Crippen LogP contribution >= 0.6 is 11.6 Å². The van der Waals surface area contributed by atoms with Crippen molar-refractivity contribution in [2.24, 2.45) is 0 Å². The van der Waals surface area contributed by atoms with Gasteiger partial charge >= 0.3 is 0 Å². The van der Waals surface area contributed by atoms with E-state index in [1.807, 2.05) is 6.07 Å². The van der Waals surface area contributed by atoms with Gasteiger partial charge in [0.1, 0.15) is 5.56 Å². The first-order valence-corrected chi connectivity index (χ1v) is 7.01. The van der Waals surface area contributed by atoms with Crippen molar-refractivity contribution in [1.82, 2.24) is 15.3 Å². The molecule has 0 aliphatic heterocycles. The topological polar surface area (TPSA) is 74.8 Å². The number of nitrogens with one attached hydrogen (secondary N) is 2. The van der Waals surface area contributed by atoms with Crippen LogP contribution in [-0.2, 0) is 6.54 Å². The average Bonchev–Trinajstić information content (AvgIpc) is 2.54. The van der Waals surface area contributed by atoms with Crippen LogP contribution in [0.15, 0.2) is 53.7 Å². The third-order valence-corrected chi connectivity index (χ3v) is 3.50. The Labute approximate surface area is 131 Å². The number of carbonyl (C=O) groups is 1. The minimum absolute atomic E-state index is 0.0683. The van der Waals surface area contributed by atoms with Crippen LogP contribution in [0.4, 0.5) is 0 Å². The summed E-state index contributed by atoms with van der Waals surface area (Å²) in [5.41, 5.74) is 1.20.